The first-order valence-electron chi connectivity index (χ1n) is 5.63. The van der Waals surface area contributed by atoms with Crippen LogP contribution in [0, 0.1) is 13.8 Å². The van der Waals surface area contributed by atoms with E-state index in [1.807, 2.05) is 6.92 Å². The number of alkyl halides is 3. The van der Waals surface area contributed by atoms with Crippen molar-refractivity contribution in [3.8, 4) is 5.75 Å². The summed E-state index contributed by atoms with van der Waals surface area (Å²) in [7, 11) is 0. The first-order chi connectivity index (χ1) is 8.27. The van der Waals surface area contributed by atoms with Gasteiger partial charge in [0, 0.05) is 5.56 Å². The largest absolute Gasteiger partial charge is 0.493 e. The van der Waals surface area contributed by atoms with Gasteiger partial charge in [0.15, 0.2) is 0 Å². The molecule has 0 saturated heterocycles. The molecule has 0 N–H and O–H groups in total. The minimum atomic E-state index is -3.87. The number of Topliss-reactive ketones (excluding diaryl/α,β-unsaturated/α-hetero) is 1. The van der Waals surface area contributed by atoms with Gasteiger partial charge >= 0.3 is 5.38 Å². The lowest BCUT2D eigenvalue weighted by Gasteiger charge is -2.14. The maximum Gasteiger partial charge on any atom is 0.384 e. The van der Waals surface area contributed by atoms with Gasteiger partial charge in [-0.2, -0.15) is 8.78 Å². The van der Waals surface area contributed by atoms with Crippen LogP contribution in [0.1, 0.15) is 34.8 Å². The number of halogens is 3. The number of benzene rings is 1. The number of ether oxygens (including phenoxy) is 1. The Morgan fingerprint density at radius 3 is 2.22 bits per heavy atom. The number of carbonyl (C=O) groups is 1. The van der Waals surface area contributed by atoms with E-state index in [4.69, 9.17) is 16.3 Å². The highest BCUT2D eigenvalue weighted by Crippen LogP contribution is 2.30. The van der Waals surface area contributed by atoms with Gasteiger partial charge in [-0.25, -0.2) is 0 Å². The molecule has 0 aliphatic rings. The van der Waals surface area contributed by atoms with Crippen molar-refractivity contribution in [2.45, 2.75) is 32.6 Å². The van der Waals surface area contributed by atoms with Crippen LogP contribution in [0.25, 0.3) is 0 Å². The quantitative estimate of drug-likeness (QED) is 0.598. The highest BCUT2D eigenvalue weighted by Gasteiger charge is 2.36. The van der Waals surface area contributed by atoms with E-state index in [1.54, 1.807) is 13.8 Å². The van der Waals surface area contributed by atoms with Crippen LogP contribution in [0.3, 0.4) is 0 Å². The van der Waals surface area contributed by atoms with Gasteiger partial charge in [-0.3, -0.25) is 4.79 Å². The molecule has 0 aromatic heterocycles. The number of hydrogen-bond donors (Lipinski definition) is 0. The molecule has 0 aliphatic carbocycles. The molecule has 1 aromatic rings. The van der Waals surface area contributed by atoms with Crippen LogP contribution in [0.4, 0.5) is 8.78 Å². The fourth-order valence-corrected chi connectivity index (χ4v) is 1.79. The van der Waals surface area contributed by atoms with Gasteiger partial charge in [-0.05, 0) is 55.1 Å². The van der Waals surface area contributed by atoms with E-state index in [1.165, 1.54) is 12.1 Å². The van der Waals surface area contributed by atoms with Crippen molar-refractivity contribution in [2.24, 2.45) is 0 Å². The van der Waals surface area contributed by atoms with E-state index < -0.39 is 11.2 Å². The fraction of sp³-hybridized carbons (Fsp3) is 0.462. The summed E-state index contributed by atoms with van der Waals surface area (Å²) in [4.78, 5) is 11.4. The summed E-state index contributed by atoms with van der Waals surface area (Å²) in [5.41, 5.74) is 1.19. The second-order valence-electron chi connectivity index (χ2n) is 4.11. The zero-order valence-corrected chi connectivity index (χ0v) is 11.3. The third-order valence-electron chi connectivity index (χ3n) is 2.43. The van der Waals surface area contributed by atoms with E-state index in [0.717, 1.165) is 6.42 Å². The number of rotatable bonds is 5. The van der Waals surface area contributed by atoms with Crippen molar-refractivity contribution in [1.29, 1.82) is 0 Å². The summed E-state index contributed by atoms with van der Waals surface area (Å²) in [5.74, 6) is -0.760. The Bertz CT molecular complexity index is 430. The molecule has 0 atom stereocenters. The average Bonchev–Trinajstić information content (AvgIpc) is 2.25. The number of ketones is 1. The Morgan fingerprint density at radius 1 is 1.33 bits per heavy atom. The Hall–Kier alpha value is -1.16. The molecule has 0 radical (unpaired) electrons. The molecular formula is C13H15ClF2O2. The van der Waals surface area contributed by atoms with Crippen LogP contribution in [0.2, 0.25) is 0 Å². The van der Waals surface area contributed by atoms with E-state index in [2.05, 4.69) is 0 Å². The smallest absolute Gasteiger partial charge is 0.384 e. The van der Waals surface area contributed by atoms with E-state index in [-0.39, 0.29) is 5.56 Å². The summed E-state index contributed by atoms with van der Waals surface area (Å²) < 4.78 is 31.0. The Kier molecular flexibility index (Phi) is 4.68. The van der Waals surface area contributed by atoms with Crippen LogP contribution >= 0.6 is 11.6 Å². The topological polar surface area (TPSA) is 26.3 Å². The Balaban J connectivity index is 3.10. The lowest BCUT2D eigenvalue weighted by molar-refractivity contribution is 0.0536. The predicted octanol–water partition coefficient (Wildman–Crippen LogP) is 4.11. The first kappa shape index (κ1) is 14.9. The van der Waals surface area contributed by atoms with Gasteiger partial charge in [-0.15, -0.1) is 0 Å². The standard InChI is InChI=1S/C13H15ClF2O2/c1-4-5-18-11-8(2)6-10(7-9(11)3)12(17)13(14,15)16/h6-7H,4-5H2,1-3H3. The number of carbonyl (C=O) groups excluding carboxylic acids is 1. The Morgan fingerprint density at radius 2 is 1.83 bits per heavy atom. The second-order valence-corrected chi connectivity index (χ2v) is 4.59. The van der Waals surface area contributed by atoms with Gasteiger partial charge in [0.25, 0.3) is 0 Å². The van der Waals surface area contributed by atoms with Crippen LogP contribution < -0.4 is 4.74 Å². The molecule has 18 heavy (non-hydrogen) atoms. The molecule has 0 amide bonds. The van der Waals surface area contributed by atoms with Crippen LogP contribution in [-0.2, 0) is 0 Å². The monoisotopic (exact) mass is 276 g/mol. The SMILES string of the molecule is CCCOc1c(C)cc(C(=O)C(F)(F)Cl)cc1C. The van der Waals surface area contributed by atoms with Crippen molar-refractivity contribution < 1.29 is 18.3 Å². The van der Waals surface area contributed by atoms with Crippen molar-refractivity contribution in [3.05, 3.63) is 28.8 Å². The predicted molar refractivity (Wildman–Crippen MR) is 66.8 cm³/mol. The first-order valence-corrected chi connectivity index (χ1v) is 6.00. The van der Waals surface area contributed by atoms with Gasteiger partial charge in [-0.1, -0.05) is 6.92 Å². The average molecular weight is 277 g/mol. The highest BCUT2D eigenvalue weighted by atomic mass is 35.5. The van der Waals surface area contributed by atoms with Gasteiger partial charge < -0.3 is 4.74 Å². The molecule has 0 saturated carbocycles. The molecule has 0 spiro atoms. The zero-order valence-electron chi connectivity index (χ0n) is 10.5. The van der Waals surface area contributed by atoms with E-state index in [0.29, 0.717) is 23.5 Å². The zero-order chi connectivity index (χ0) is 13.9. The molecular weight excluding hydrogens is 262 g/mol. The molecule has 0 aliphatic heterocycles. The lowest BCUT2D eigenvalue weighted by atomic mass is 10.0. The summed E-state index contributed by atoms with van der Waals surface area (Å²) in [6.45, 7) is 5.93. The Labute approximate surface area is 110 Å². The lowest BCUT2D eigenvalue weighted by Crippen LogP contribution is -2.21. The van der Waals surface area contributed by atoms with Gasteiger partial charge in [0.1, 0.15) is 5.75 Å². The van der Waals surface area contributed by atoms with E-state index >= 15 is 0 Å². The maximum atomic E-state index is 12.8. The maximum absolute atomic E-state index is 12.8. The van der Waals surface area contributed by atoms with Gasteiger partial charge in [0.05, 0.1) is 6.61 Å². The minimum absolute atomic E-state index is 0.103. The third-order valence-corrected chi connectivity index (χ3v) is 2.60. The van der Waals surface area contributed by atoms with Crippen LogP contribution in [0.15, 0.2) is 12.1 Å². The molecule has 1 rings (SSSR count). The molecule has 0 fully saturated rings. The molecule has 0 heterocycles. The minimum Gasteiger partial charge on any atom is -0.493 e. The summed E-state index contributed by atoms with van der Waals surface area (Å²) >= 11 is 4.73. The normalized spacial score (nSPS) is 11.4. The number of hydrogen-bond acceptors (Lipinski definition) is 2. The summed E-state index contributed by atoms with van der Waals surface area (Å²) in [5, 5.41) is -3.87. The third kappa shape index (κ3) is 3.42. The van der Waals surface area contributed by atoms with Crippen molar-refractivity contribution in [1.82, 2.24) is 0 Å². The van der Waals surface area contributed by atoms with E-state index in [9.17, 15) is 13.6 Å². The molecule has 0 bridgehead atoms. The summed E-state index contributed by atoms with van der Waals surface area (Å²) in [6.07, 6.45) is 0.847. The summed E-state index contributed by atoms with van der Waals surface area (Å²) in [6, 6.07) is 2.74. The van der Waals surface area contributed by atoms with Crippen molar-refractivity contribution in [3.63, 3.8) is 0 Å². The van der Waals surface area contributed by atoms with Crippen LogP contribution in [0.5, 0.6) is 5.75 Å². The second kappa shape index (κ2) is 5.65. The molecule has 0 unspecified atom stereocenters. The fourth-order valence-electron chi connectivity index (χ4n) is 1.68. The van der Waals surface area contributed by atoms with Crippen molar-refractivity contribution in [2.75, 3.05) is 6.61 Å². The van der Waals surface area contributed by atoms with Crippen molar-refractivity contribution >= 4 is 17.4 Å². The molecule has 100 valence electrons. The molecule has 5 heteroatoms. The molecule has 2 nitrogen and oxygen atoms in total. The van der Waals surface area contributed by atoms with Gasteiger partial charge in [0.2, 0.25) is 5.78 Å². The van der Waals surface area contributed by atoms with Crippen LogP contribution in [-0.4, -0.2) is 17.8 Å². The number of aryl methyl sites for hydroxylation is 2. The highest BCUT2D eigenvalue weighted by molar-refractivity contribution is 6.35. The molecule has 1 aromatic carbocycles.